The average Bonchev–Trinajstić information content (AvgIpc) is 2.38. The largest absolute Gasteiger partial charge is 0.426 e. The number of nitrogens with zero attached hydrogens (tertiary/aromatic N) is 2. The molecule has 0 radical (unpaired) electrons. The number of hydrogen-bond acceptors (Lipinski definition) is 5. The Bertz CT molecular complexity index is 656. The van der Waals surface area contributed by atoms with E-state index in [0.717, 1.165) is 0 Å². The van der Waals surface area contributed by atoms with Crippen molar-refractivity contribution in [1.82, 2.24) is 9.97 Å². The molecule has 0 saturated carbocycles. The highest BCUT2D eigenvalue weighted by Gasteiger charge is 2.11. The second kappa shape index (κ2) is 5.92. The first-order chi connectivity index (χ1) is 9.56. The molecule has 0 saturated heterocycles. The lowest BCUT2D eigenvalue weighted by Crippen LogP contribution is -2.08. The summed E-state index contributed by atoms with van der Waals surface area (Å²) in [6.45, 7) is 2.72. The minimum absolute atomic E-state index is 0.220. The summed E-state index contributed by atoms with van der Waals surface area (Å²) < 4.78 is 5.11. The van der Waals surface area contributed by atoms with Crippen LogP contribution < -0.4 is 10.1 Å². The Morgan fingerprint density at radius 1 is 1.15 bits per heavy atom. The fraction of sp³-hybridized carbons (Fsp3) is 0.143. The monoisotopic (exact) mass is 271 g/mol. The fourth-order valence-corrected chi connectivity index (χ4v) is 1.63. The van der Waals surface area contributed by atoms with E-state index in [2.05, 4.69) is 15.3 Å². The zero-order valence-electron chi connectivity index (χ0n) is 11.1. The Morgan fingerprint density at radius 3 is 2.60 bits per heavy atom. The molecule has 0 aliphatic rings. The highest BCUT2D eigenvalue weighted by atomic mass is 16.5. The van der Waals surface area contributed by atoms with Gasteiger partial charge in [-0.3, -0.25) is 9.59 Å². The third-order valence-electron chi connectivity index (χ3n) is 2.34. The summed E-state index contributed by atoms with van der Waals surface area (Å²) in [4.78, 5) is 30.5. The number of benzene rings is 1. The van der Waals surface area contributed by atoms with Gasteiger partial charge in [-0.25, -0.2) is 9.97 Å². The van der Waals surface area contributed by atoms with Crippen molar-refractivity contribution in [1.29, 1.82) is 0 Å². The van der Waals surface area contributed by atoms with Gasteiger partial charge in [-0.15, -0.1) is 0 Å². The first-order valence-electron chi connectivity index (χ1n) is 5.94. The molecule has 6 nitrogen and oxygen atoms in total. The number of anilines is 1. The molecule has 2 aromatic rings. The molecule has 2 rings (SSSR count). The number of aromatic nitrogens is 2. The van der Waals surface area contributed by atoms with Gasteiger partial charge in [0.2, 0.25) is 5.91 Å². The number of esters is 1. The SMILES string of the molecule is CC(=O)Nc1ccnc(-c2ccccc2OC(C)=O)n1. The van der Waals surface area contributed by atoms with E-state index in [0.29, 0.717) is 23.0 Å². The van der Waals surface area contributed by atoms with Crippen molar-refractivity contribution in [3.05, 3.63) is 36.5 Å². The molecule has 0 unspecified atom stereocenters. The topological polar surface area (TPSA) is 81.2 Å². The first kappa shape index (κ1) is 13.7. The Balaban J connectivity index is 2.40. The van der Waals surface area contributed by atoms with Gasteiger partial charge in [-0.2, -0.15) is 0 Å². The van der Waals surface area contributed by atoms with Gasteiger partial charge in [0, 0.05) is 20.0 Å². The summed E-state index contributed by atoms with van der Waals surface area (Å²) >= 11 is 0. The van der Waals surface area contributed by atoms with Crippen LogP contribution in [0.25, 0.3) is 11.4 Å². The van der Waals surface area contributed by atoms with Gasteiger partial charge in [-0.05, 0) is 18.2 Å². The van der Waals surface area contributed by atoms with Gasteiger partial charge in [0.15, 0.2) is 5.82 Å². The highest BCUT2D eigenvalue weighted by molar-refractivity contribution is 5.87. The summed E-state index contributed by atoms with van der Waals surface area (Å²) in [5.74, 6) is 0.492. The summed E-state index contributed by atoms with van der Waals surface area (Å²) in [5, 5.41) is 2.58. The zero-order valence-corrected chi connectivity index (χ0v) is 11.1. The van der Waals surface area contributed by atoms with Crippen LogP contribution in [0.3, 0.4) is 0 Å². The summed E-state index contributed by atoms with van der Waals surface area (Å²) in [6.07, 6.45) is 1.53. The third kappa shape index (κ3) is 3.38. The van der Waals surface area contributed by atoms with E-state index in [9.17, 15) is 9.59 Å². The maximum absolute atomic E-state index is 11.1. The molecule has 1 aromatic carbocycles. The molecule has 1 aromatic heterocycles. The van der Waals surface area contributed by atoms with Crippen LogP contribution in [0.4, 0.5) is 5.82 Å². The molecule has 1 amide bonds. The predicted molar refractivity (Wildman–Crippen MR) is 73.1 cm³/mol. The van der Waals surface area contributed by atoms with Gasteiger partial charge in [0.25, 0.3) is 0 Å². The number of rotatable bonds is 3. The van der Waals surface area contributed by atoms with Crippen molar-refractivity contribution in [2.24, 2.45) is 0 Å². The van der Waals surface area contributed by atoms with E-state index in [4.69, 9.17) is 4.74 Å². The molecule has 0 fully saturated rings. The quantitative estimate of drug-likeness (QED) is 0.682. The summed E-state index contributed by atoms with van der Waals surface area (Å²) in [6, 6.07) is 8.52. The smallest absolute Gasteiger partial charge is 0.308 e. The number of nitrogens with one attached hydrogen (secondary N) is 1. The van der Waals surface area contributed by atoms with Gasteiger partial charge in [-0.1, -0.05) is 12.1 Å². The normalized spacial score (nSPS) is 9.90. The number of carbonyl (C=O) groups excluding carboxylic acids is 2. The second-order valence-electron chi connectivity index (χ2n) is 4.04. The highest BCUT2D eigenvalue weighted by Crippen LogP contribution is 2.27. The number of amides is 1. The first-order valence-corrected chi connectivity index (χ1v) is 5.94. The third-order valence-corrected chi connectivity index (χ3v) is 2.34. The molecule has 0 aliphatic carbocycles. The van der Waals surface area contributed by atoms with Crippen molar-refractivity contribution in [2.75, 3.05) is 5.32 Å². The standard InChI is InChI=1S/C14H13N3O3/c1-9(18)16-13-7-8-15-14(17-13)11-5-3-4-6-12(11)20-10(2)19/h3-8H,1-2H3,(H,15,16,17,18). The molecule has 20 heavy (non-hydrogen) atoms. The lowest BCUT2D eigenvalue weighted by atomic mass is 10.2. The Hall–Kier alpha value is -2.76. The van der Waals surface area contributed by atoms with Gasteiger partial charge in [0.1, 0.15) is 11.6 Å². The minimum atomic E-state index is -0.421. The van der Waals surface area contributed by atoms with E-state index in [-0.39, 0.29) is 5.91 Å². The zero-order chi connectivity index (χ0) is 14.5. The molecule has 102 valence electrons. The molecule has 0 spiro atoms. The molecular weight excluding hydrogens is 258 g/mol. The van der Waals surface area contributed by atoms with E-state index in [1.165, 1.54) is 20.0 Å². The van der Waals surface area contributed by atoms with Crippen LogP contribution >= 0.6 is 0 Å². The maximum atomic E-state index is 11.1. The molecule has 0 bridgehead atoms. The predicted octanol–water partition coefficient (Wildman–Crippen LogP) is 2.03. The minimum Gasteiger partial charge on any atom is -0.426 e. The van der Waals surface area contributed by atoms with Crippen LogP contribution in [-0.4, -0.2) is 21.8 Å². The van der Waals surface area contributed by atoms with Crippen molar-refractivity contribution in [3.8, 4) is 17.1 Å². The Morgan fingerprint density at radius 2 is 1.90 bits per heavy atom. The number of carbonyl (C=O) groups is 2. The van der Waals surface area contributed by atoms with Crippen LogP contribution in [0.5, 0.6) is 5.75 Å². The summed E-state index contributed by atoms with van der Waals surface area (Å²) in [7, 11) is 0. The maximum Gasteiger partial charge on any atom is 0.308 e. The number of para-hydroxylation sites is 1. The molecule has 1 heterocycles. The van der Waals surface area contributed by atoms with Crippen LogP contribution in [-0.2, 0) is 9.59 Å². The molecular formula is C14H13N3O3. The van der Waals surface area contributed by atoms with Gasteiger partial charge in [0.05, 0.1) is 5.56 Å². The molecule has 0 atom stereocenters. The van der Waals surface area contributed by atoms with Crippen molar-refractivity contribution in [2.45, 2.75) is 13.8 Å². The Kier molecular flexibility index (Phi) is 4.05. The van der Waals surface area contributed by atoms with Gasteiger partial charge < -0.3 is 10.1 Å². The lowest BCUT2D eigenvalue weighted by molar-refractivity contribution is -0.131. The van der Waals surface area contributed by atoms with Crippen LogP contribution in [0.15, 0.2) is 36.5 Å². The number of hydrogen-bond donors (Lipinski definition) is 1. The lowest BCUT2D eigenvalue weighted by Gasteiger charge is -2.08. The average molecular weight is 271 g/mol. The number of ether oxygens (including phenoxy) is 1. The molecule has 6 heteroatoms. The van der Waals surface area contributed by atoms with Gasteiger partial charge >= 0.3 is 5.97 Å². The van der Waals surface area contributed by atoms with Crippen LogP contribution in [0.1, 0.15) is 13.8 Å². The van der Waals surface area contributed by atoms with Crippen LogP contribution in [0, 0.1) is 0 Å². The van der Waals surface area contributed by atoms with Crippen LogP contribution in [0.2, 0.25) is 0 Å². The van der Waals surface area contributed by atoms with Crippen molar-refractivity contribution in [3.63, 3.8) is 0 Å². The Labute approximate surface area is 115 Å². The van der Waals surface area contributed by atoms with Crippen molar-refractivity contribution >= 4 is 17.7 Å². The van der Waals surface area contributed by atoms with Crippen molar-refractivity contribution < 1.29 is 14.3 Å². The fourth-order valence-electron chi connectivity index (χ4n) is 1.63. The molecule has 0 aliphatic heterocycles. The second-order valence-corrected chi connectivity index (χ2v) is 4.04. The van der Waals surface area contributed by atoms with E-state index in [1.807, 2.05) is 0 Å². The van der Waals surface area contributed by atoms with E-state index < -0.39 is 5.97 Å². The molecule has 1 N–H and O–H groups in total. The van der Waals surface area contributed by atoms with E-state index >= 15 is 0 Å². The summed E-state index contributed by atoms with van der Waals surface area (Å²) in [5.41, 5.74) is 0.579. The van der Waals surface area contributed by atoms with E-state index in [1.54, 1.807) is 30.3 Å².